The molecule has 3 unspecified atom stereocenters. The summed E-state index contributed by atoms with van der Waals surface area (Å²) in [6, 6.07) is 8.11. The number of aliphatic carboxylic acids is 4. The molecule has 0 heterocycles. The van der Waals surface area contributed by atoms with Gasteiger partial charge in [0.05, 0.1) is 96.8 Å². The van der Waals surface area contributed by atoms with E-state index in [1.165, 1.54) is 18.2 Å². The van der Waals surface area contributed by atoms with Crippen molar-refractivity contribution in [3.05, 3.63) is 48.0 Å². The van der Waals surface area contributed by atoms with Crippen molar-refractivity contribution >= 4 is 23.9 Å². The predicted octanol–water partition coefficient (Wildman–Crippen LogP) is -8.15. The van der Waals surface area contributed by atoms with Gasteiger partial charge in [0.2, 0.25) is 0 Å². The second-order valence-electron chi connectivity index (χ2n) is 10.1. The Bertz CT molecular complexity index is 922. The molecule has 54 heavy (non-hydrogen) atoms. The summed E-state index contributed by atoms with van der Waals surface area (Å²) in [4.78, 5) is 38.9. The van der Waals surface area contributed by atoms with Crippen LogP contribution in [0.25, 0.3) is 0 Å². The molecule has 1 aromatic rings. The van der Waals surface area contributed by atoms with E-state index in [-0.39, 0.29) is 0 Å². The average molecular weight is 788 g/mol. The first-order valence-corrected chi connectivity index (χ1v) is 16.7. The number of nitrogens with two attached hydrogens (primary N) is 3. The largest absolute Gasteiger partial charge is 0.547 e. The van der Waals surface area contributed by atoms with Gasteiger partial charge in [-0.3, -0.25) is 0 Å². The Morgan fingerprint density at radius 2 is 0.907 bits per heavy atom. The minimum Gasteiger partial charge on any atom is -0.547 e. The molecular weight excluding hydrogens is 722 g/mol. The summed E-state index contributed by atoms with van der Waals surface area (Å²) in [5, 5.41) is 69.1. The molecule has 1 aromatic carbocycles. The fourth-order valence-corrected chi connectivity index (χ4v) is 2.81. The number of hydrogen-bond donors (Lipinski definition) is 7. The maximum Gasteiger partial charge on any atom is 0.335 e. The van der Waals surface area contributed by atoms with Crippen LogP contribution in [0.3, 0.4) is 0 Å². The molecule has 20 nitrogen and oxygen atoms in total. The third kappa shape index (κ3) is 52.7. The summed E-state index contributed by atoms with van der Waals surface area (Å²) in [5.41, 5.74) is 0.340. The molecule has 0 spiro atoms. The maximum absolute atomic E-state index is 10.1. The van der Waals surface area contributed by atoms with E-state index in [4.69, 9.17) is 48.8 Å². The van der Waals surface area contributed by atoms with Crippen LogP contribution in [-0.4, -0.2) is 178 Å². The molecule has 3 atom stereocenters. The van der Waals surface area contributed by atoms with Crippen molar-refractivity contribution in [3.63, 3.8) is 0 Å². The Morgan fingerprint density at radius 1 is 0.593 bits per heavy atom. The van der Waals surface area contributed by atoms with Crippen LogP contribution in [0.1, 0.15) is 18.6 Å². The number of carbonyl (C=O) groups is 4. The van der Waals surface area contributed by atoms with Gasteiger partial charge < -0.3 is 94.5 Å². The normalized spacial score (nSPS) is 11.5. The molecule has 0 saturated carbocycles. The van der Waals surface area contributed by atoms with Gasteiger partial charge in [0, 0.05) is 42.7 Å². The second-order valence-corrected chi connectivity index (χ2v) is 10.1. The Kier molecular flexibility index (Phi) is 54.5. The molecule has 1 rings (SSSR count). The standard InChI is InChI=1S/C8H8O3.3C6H15NO2.C4H6O6.C4H6O2/c9-7(8(10)11)6-4-2-1-3-5-6;3*1-8-5-3-7-4-6-9-2;5-1(3(7)8)2(6)4(9)10;1-2-3-4(5)6/h1-5,7,9H,(H,10,11);3*7H,3-6H2,1-2H3;1-2,5-6H,(H,7,8)(H,9,10);2-3H,1H3,(H,5,6)/b;;;;;3-2+. The van der Waals surface area contributed by atoms with Crippen LogP contribution in [0.5, 0.6) is 0 Å². The predicted molar refractivity (Wildman–Crippen MR) is 187 cm³/mol. The van der Waals surface area contributed by atoms with Crippen molar-refractivity contribution in [1.82, 2.24) is 0 Å². The van der Waals surface area contributed by atoms with Crippen LogP contribution in [0.15, 0.2) is 42.5 Å². The summed E-state index contributed by atoms with van der Waals surface area (Å²) < 4.78 is 29.1. The van der Waals surface area contributed by atoms with E-state index in [1.54, 1.807) is 67.8 Å². The number of methoxy groups -OCH3 is 6. The molecular formula is C34H65N3O17. The third-order valence-corrected chi connectivity index (χ3v) is 5.59. The lowest BCUT2D eigenvalue weighted by Gasteiger charge is -2.13. The van der Waals surface area contributed by atoms with Crippen LogP contribution in [0.4, 0.5) is 0 Å². The van der Waals surface area contributed by atoms with Crippen LogP contribution in [-0.2, 0) is 47.6 Å². The monoisotopic (exact) mass is 787 g/mol. The van der Waals surface area contributed by atoms with Gasteiger partial charge in [-0.15, -0.1) is 0 Å². The highest BCUT2D eigenvalue weighted by Crippen LogP contribution is 2.09. The van der Waals surface area contributed by atoms with Crippen LogP contribution in [0.2, 0.25) is 0 Å². The number of aliphatic hydroxyl groups is 3. The van der Waals surface area contributed by atoms with Crippen molar-refractivity contribution in [2.75, 3.05) is 122 Å². The lowest BCUT2D eigenvalue weighted by molar-refractivity contribution is -0.657. The van der Waals surface area contributed by atoms with Gasteiger partial charge in [-0.2, -0.15) is 0 Å². The molecule has 0 aromatic heterocycles. The van der Waals surface area contributed by atoms with E-state index in [9.17, 15) is 34.5 Å². The van der Waals surface area contributed by atoms with Crippen LogP contribution >= 0.6 is 0 Å². The molecule has 10 N–H and O–H groups in total. The zero-order valence-corrected chi connectivity index (χ0v) is 32.6. The van der Waals surface area contributed by atoms with Gasteiger partial charge in [-0.1, -0.05) is 36.4 Å². The quantitative estimate of drug-likeness (QED) is 0.0378. The number of carbonyl (C=O) groups excluding carboxylic acids is 3. The van der Waals surface area contributed by atoms with Crippen molar-refractivity contribution in [2.45, 2.75) is 25.2 Å². The fourth-order valence-electron chi connectivity index (χ4n) is 2.81. The molecule has 0 fully saturated rings. The number of quaternary nitrogens is 3. The Morgan fingerprint density at radius 3 is 1.07 bits per heavy atom. The summed E-state index contributed by atoms with van der Waals surface area (Å²) in [7, 11) is 10.3. The van der Waals surface area contributed by atoms with Gasteiger partial charge >= 0.3 is 5.97 Å². The molecule has 0 radical (unpaired) electrons. The molecule has 0 saturated heterocycles. The first-order chi connectivity index (χ1) is 25.7. The minimum absolute atomic E-state index is 0.340. The lowest BCUT2D eigenvalue weighted by Crippen LogP contribution is -2.86. The highest BCUT2D eigenvalue weighted by Gasteiger charge is 2.24. The first kappa shape index (κ1) is 59.6. The van der Waals surface area contributed by atoms with Crippen LogP contribution in [0, 0.1) is 0 Å². The molecule has 20 heteroatoms. The molecule has 0 bridgehead atoms. The maximum atomic E-state index is 10.1. The molecule has 318 valence electrons. The number of allylic oxidation sites excluding steroid dienone is 1. The topological polar surface area (TPSA) is 324 Å². The van der Waals surface area contributed by atoms with Gasteiger partial charge in [-0.05, 0) is 18.6 Å². The summed E-state index contributed by atoms with van der Waals surface area (Å²) in [6.07, 6.45) is -3.84. The van der Waals surface area contributed by atoms with Crippen molar-refractivity contribution in [1.29, 1.82) is 0 Å². The molecule has 0 aliphatic heterocycles. The summed E-state index contributed by atoms with van der Waals surface area (Å²) in [6.45, 7) is 12.7. The van der Waals surface area contributed by atoms with E-state index < -0.39 is 42.2 Å². The van der Waals surface area contributed by atoms with Crippen molar-refractivity contribution in [2.24, 2.45) is 0 Å². The number of benzene rings is 1. The third-order valence-electron chi connectivity index (χ3n) is 5.59. The van der Waals surface area contributed by atoms with Gasteiger partial charge in [-0.25, -0.2) is 4.79 Å². The molecule has 0 aliphatic carbocycles. The zero-order valence-electron chi connectivity index (χ0n) is 32.6. The van der Waals surface area contributed by atoms with Gasteiger partial charge in [0.1, 0.15) is 12.2 Å². The zero-order chi connectivity index (χ0) is 42.4. The fraction of sp³-hybridized carbons (Fsp3) is 0.647. The van der Waals surface area contributed by atoms with Gasteiger partial charge in [0.15, 0.2) is 6.10 Å². The summed E-state index contributed by atoms with van der Waals surface area (Å²) >= 11 is 0. The Balaban J connectivity index is -0.000000179. The Hall–Kier alpha value is -3.64. The van der Waals surface area contributed by atoms with Crippen molar-refractivity contribution in [3.8, 4) is 0 Å². The average Bonchev–Trinajstić information content (AvgIpc) is 3.15. The first-order valence-electron chi connectivity index (χ1n) is 16.7. The van der Waals surface area contributed by atoms with E-state index in [0.29, 0.717) is 5.56 Å². The van der Waals surface area contributed by atoms with E-state index >= 15 is 0 Å². The van der Waals surface area contributed by atoms with Crippen molar-refractivity contribution < 1.29 is 99.3 Å². The smallest absolute Gasteiger partial charge is 0.335 e. The lowest BCUT2D eigenvalue weighted by atomic mass is 10.1. The number of rotatable bonds is 24. The number of hydrogen-bond acceptors (Lipinski definition) is 16. The highest BCUT2D eigenvalue weighted by atomic mass is 16.5. The highest BCUT2D eigenvalue weighted by molar-refractivity contribution is 5.82. The van der Waals surface area contributed by atoms with E-state index in [1.807, 2.05) is 0 Å². The second kappa shape index (κ2) is 49.4. The van der Waals surface area contributed by atoms with E-state index in [0.717, 1.165) is 85.0 Å². The molecule has 0 amide bonds. The SMILES string of the molecule is C/C=C/C(=O)[O-].COCC[NH2+]CCOC.COCC[NH2+]CCOC.COCC[NH2+]CCOC.O=C([O-])C(O)C(O)C(=O)O.O=C([O-])C(O)c1ccccc1. The minimum atomic E-state index is -2.38. The number of carboxylic acid groups (broad SMARTS) is 4. The number of ether oxygens (including phenoxy) is 6. The number of aliphatic hydroxyl groups excluding tert-OH is 3. The van der Waals surface area contributed by atoms with E-state index in [2.05, 4.69) is 16.0 Å². The Labute approximate surface area is 318 Å². The van der Waals surface area contributed by atoms with Gasteiger partial charge in [0.25, 0.3) is 0 Å². The summed E-state index contributed by atoms with van der Waals surface area (Å²) in [5.74, 6) is -6.44. The van der Waals surface area contributed by atoms with Crippen LogP contribution < -0.4 is 31.3 Å². The molecule has 0 aliphatic rings. The number of carboxylic acids is 4.